The maximum absolute atomic E-state index is 12.0. The molecule has 8 nitrogen and oxygen atoms in total. The minimum Gasteiger partial charge on any atom is -0.465 e. The van der Waals surface area contributed by atoms with Crippen LogP contribution in [0.2, 0.25) is 0 Å². The number of aromatic nitrogens is 1. The maximum Gasteiger partial charge on any atom is 0.348 e. The number of hydrogen-bond donors (Lipinski definition) is 2. The van der Waals surface area contributed by atoms with Crippen molar-refractivity contribution < 1.29 is 23.6 Å². The highest BCUT2D eigenvalue weighted by atomic mass is 32.1. The summed E-state index contributed by atoms with van der Waals surface area (Å²) in [6, 6.07) is 1.66. The van der Waals surface area contributed by atoms with Crippen LogP contribution in [0.25, 0.3) is 0 Å². The first-order chi connectivity index (χ1) is 11.4. The van der Waals surface area contributed by atoms with Crippen LogP contribution in [0.1, 0.15) is 31.4 Å². The average Bonchev–Trinajstić information content (AvgIpc) is 3.09. The monoisotopic (exact) mass is 369 g/mol. The van der Waals surface area contributed by atoms with Crippen LogP contribution in [0, 0.1) is 13.8 Å². The van der Waals surface area contributed by atoms with Gasteiger partial charge in [0.15, 0.2) is 10.9 Å². The highest BCUT2D eigenvalue weighted by Gasteiger charge is 2.26. The molecule has 2 aromatic rings. The molecule has 0 spiro atoms. The van der Waals surface area contributed by atoms with Crippen molar-refractivity contribution in [3.05, 3.63) is 27.8 Å². The van der Waals surface area contributed by atoms with E-state index in [0.717, 1.165) is 11.3 Å². The van der Waals surface area contributed by atoms with Crippen molar-refractivity contribution >= 4 is 51.4 Å². The first kappa shape index (κ1) is 17.9. The highest BCUT2D eigenvalue weighted by Crippen LogP contribution is 2.34. The molecule has 24 heavy (non-hydrogen) atoms. The quantitative estimate of drug-likeness (QED) is 0.622. The highest BCUT2D eigenvalue weighted by molar-refractivity contribution is 7.80. The average molecular weight is 369 g/mol. The van der Waals surface area contributed by atoms with Crippen LogP contribution >= 0.6 is 23.6 Å². The number of thiophene rings is 1. The number of ether oxygens (including phenoxy) is 2. The number of thiocarbonyl (C=S) groups is 1. The summed E-state index contributed by atoms with van der Waals surface area (Å²) in [6.07, 6.45) is 0. The first-order valence-electron chi connectivity index (χ1n) is 6.68. The van der Waals surface area contributed by atoms with Crippen molar-refractivity contribution in [3.63, 3.8) is 0 Å². The van der Waals surface area contributed by atoms with Crippen LogP contribution in [0.5, 0.6) is 0 Å². The Balaban J connectivity index is 2.29. The van der Waals surface area contributed by atoms with Gasteiger partial charge in [0.1, 0.15) is 15.6 Å². The Labute approximate surface area is 147 Å². The number of aryl methyl sites for hydroxylation is 1. The number of carbonyl (C=O) groups is 2. The molecule has 0 aromatic carbocycles. The van der Waals surface area contributed by atoms with Gasteiger partial charge in [0.2, 0.25) is 0 Å². The standard InChI is InChI=1S/C14H15N3O5S2/c1-6-5-8(17-22-6)15-14(23)16-11-9(12(18)20-3)7(2)10(24-11)13(19)21-4/h5H,1-4H3,(H2,15,16,17,23). The van der Waals surface area contributed by atoms with Crippen LogP contribution in [-0.2, 0) is 9.47 Å². The van der Waals surface area contributed by atoms with Gasteiger partial charge in [-0.25, -0.2) is 9.59 Å². The largest absolute Gasteiger partial charge is 0.465 e. The number of rotatable bonds is 4. The molecule has 2 N–H and O–H groups in total. The molecule has 2 rings (SSSR count). The van der Waals surface area contributed by atoms with Gasteiger partial charge in [-0.15, -0.1) is 11.3 Å². The molecule has 2 heterocycles. The summed E-state index contributed by atoms with van der Waals surface area (Å²) in [5.41, 5.74) is 0.685. The van der Waals surface area contributed by atoms with Gasteiger partial charge in [-0.05, 0) is 31.6 Å². The molecule has 0 atom stereocenters. The summed E-state index contributed by atoms with van der Waals surface area (Å²) in [4.78, 5) is 24.1. The SMILES string of the molecule is COC(=O)c1sc(NC(=S)Nc2cc(C)on2)c(C(=O)OC)c1C. The van der Waals surface area contributed by atoms with Gasteiger partial charge < -0.3 is 24.6 Å². The van der Waals surface area contributed by atoms with Crippen LogP contribution in [-0.4, -0.2) is 36.4 Å². The molecule has 2 aromatic heterocycles. The molecule has 128 valence electrons. The molecule has 0 bridgehead atoms. The zero-order valence-electron chi connectivity index (χ0n) is 13.4. The van der Waals surface area contributed by atoms with E-state index in [-0.39, 0.29) is 10.7 Å². The molecule has 0 saturated carbocycles. The fourth-order valence-electron chi connectivity index (χ4n) is 1.91. The Hall–Kier alpha value is -2.46. The number of nitrogens with one attached hydrogen (secondary N) is 2. The Morgan fingerprint density at radius 1 is 1.21 bits per heavy atom. The summed E-state index contributed by atoms with van der Waals surface area (Å²) in [6.45, 7) is 3.38. The minimum absolute atomic E-state index is 0.186. The van der Waals surface area contributed by atoms with E-state index in [1.54, 1.807) is 19.9 Å². The fourth-order valence-corrected chi connectivity index (χ4v) is 3.30. The molecule has 0 aliphatic rings. The van der Waals surface area contributed by atoms with E-state index >= 15 is 0 Å². The van der Waals surface area contributed by atoms with Crippen LogP contribution in [0.15, 0.2) is 10.6 Å². The van der Waals surface area contributed by atoms with Gasteiger partial charge in [-0.1, -0.05) is 5.16 Å². The number of nitrogens with zero attached hydrogens (tertiary/aromatic N) is 1. The summed E-state index contributed by atoms with van der Waals surface area (Å²) in [7, 11) is 2.53. The third kappa shape index (κ3) is 3.71. The smallest absolute Gasteiger partial charge is 0.348 e. The number of carbonyl (C=O) groups excluding carboxylic acids is 2. The fraction of sp³-hybridized carbons (Fsp3) is 0.286. The normalized spacial score (nSPS) is 10.2. The van der Waals surface area contributed by atoms with Gasteiger partial charge in [-0.3, -0.25) is 0 Å². The van der Waals surface area contributed by atoms with E-state index in [0.29, 0.717) is 27.0 Å². The van der Waals surface area contributed by atoms with E-state index in [4.69, 9.17) is 26.2 Å². The second-order valence-corrected chi connectivity index (χ2v) is 6.07. The molecular weight excluding hydrogens is 354 g/mol. The van der Waals surface area contributed by atoms with Crippen molar-refractivity contribution in [1.82, 2.24) is 5.16 Å². The second-order valence-electron chi connectivity index (χ2n) is 4.65. The van der Waals surface area contributed by atoms with E-state index in [1.807, 2.05) is 0 Å². The Kier molecular flexibility index (Phi) is 5.52. The van der Waals surface area contributed by atoms with E-state index in [9.17, 15) is 9.59 Å². The molecule has 0 amide bonds. The maximum atomic E-state index is 12.0. The summed E-state index contributed by atoms with van der Waals surface area (Å²) in [5, 5.41) is 10.0. The Morgan fingerprint density at radius 3 is 2.42 bits per heavy atom. The molecule has 0 aliphatic carbocycles. The number of anilines is 2. The topological polar surface area (TPSA) is 103 Å². The zero-order valence-corrected chi connectivity index (χ0v) is 15.0. The lowest BCUT2D eigenvalue weighted by Crippen LogP contribution is -2.20. The van der Waals surface area contributed by atoms with E-state index < -0.39 is 11.9 Å². The molecular formula is C14H15N3O5S2. The number of hydrogen-bond acceptors (Lipinski definition) is 8. The third-order valence-corrected chi connectivity index (χ3v) is 4.40. The van der Waals surface area contributed by atoms with Crippen molar-refractivity contribution in [3.8, 4) is 0 Å². The van der Waals surface area contributed by atoms with Gasteiger partial charge in [0, 0.05) is 6.07 Å². The Bertz CT molecular complexity index is 796. The lowest BCUT2D eigenvalue weighted by Gasteiger charge is -2.08. The van der Waals surface area contributed by atoms with E-state index in [1.165, 1.54) is 14.2 Å². The molecule has 0 aliphatic heterocycles. The predicted octanol–water partition coefficient (Wildman–Crippen LogP) is 2.74. The Morgan fingerprint density at radius 2 is 1.88 bits per heavy atom. The van der Waals surface area contributed by atoms with Crippen LogP contribution in [0.4, 0.5) is 10.8 Å². The lowest BCUT2D eigenvalue weighted by molar-refractivity contribution is 0.0601. The number of methoxy groups -OCH3 is 2. The lowest BCUT2D eigenvalue weighted by atomic mass is 10.1. The minimum atomic E-state index is -0.582. The van der Waals surface area contributed by atoms with Gasteiger partial charge >= 0.3 is 11.9 Å². The number of esters is 2. The first-order valence-corrected chi connectivity index (χ1v) is 7.91. The van der Waals surface area contributed by atoms with Crippen molar-refractivity contribution in [2.75, 3.05) is 24.9 Å². The van der Waals surface area contributed by atoms with Gasteiger partial charge in [0.25, 0.3) is 0 Å². The molecule has 0 unspecified atom stereocenters. The molecule has 0 radical (unpaired) electrons. The predicted molar refractivity (Wildman–Crippen MR) is 92.8 cm³/mol. The van der Waals surface area contributed by atoms with Crippen LogP contribution in [0.3, 0.4) is 0 Å². The van der Waals surface area contributed by atoms with Crippen molar-refractivity contribution in [1.29, 1.82) is 0 Å². The third-order valence-electron chi connectivity index (χ3n) is 3.00. The summed E-state index contributed by atoms with van der Waals surface area (Å²) in [5.74, 6) is -0.0789. The van der Waals surface area contributed by atoms with Gasteiger partial charge in [0.05, 0.1) is 19.8 Å². The second kappa shape index (κ2) is 7.41. The van der Waals surface area contributed by atoms with Crippen molar-refractivity contribution in [2.45, 2.75) is 13.8 Å². The summed E-state index contributed by atoms with van der Waals surface area (Å²) >= 11 is 6.24. The molecule has 10 heteroatoms. The van der Waals surface area contributed by atoms with E-state index in [2.05, 4.69) is 15.8 Å². The summed E-state index contributed by atoms with van der Waals surface area (Å²) < 4.78 is 14.4. The van der Waals surface area contributed by atoms with Crippen LogP contribution < -0.4 is 10.6 Å². The zero-order chi connectivity index (χ0) is 17.9. The molecule has 0 saturated heterocycles. The van der Waals surface area contributed by atoms with Crippen molar-refractivity contribution in [2.24, 2.45) is 0 Å². The van der Waals surface area contributed by atoms with Gasteiger partial charge in [-0.2, -0.15) is 0 Å². The molecule has 0 fully saturated rings.